The van der Waals surface area contributed by atoms with Gasteiger partial charge in [-0.3, -0.25) is 0 Å². The largest absolute Gasteiger partial charge is 0.0991 e. The van der Waals surface area contributed by atoms with Crippen molar-refractivity contribution < 1.29 is 0 Å². The Balaban J connectivity index is 4.71. The predicted octanol–water partition coefficient (Wildman–Crippen LogP) is 5.14. The summed E-state index contributed by atoms with van der Waals surface area (Å²) >= 11 is 0. The van der Waals surface area contributed by atoms with E-state index in [0.717, 1.165) is 6.42 Å². The van der Waals surface area contributed by atoms with Crippen molar-refractivity contribution in [1.82, 2.24) is 0 Å². The lowest BCUT2D eigenvalue weighted by Crippen LogP contribution is -1.74. The minimum atomic E-state index is 1.05. The summed E-state index contributed by atoms with van der Waals surface area (Å²) in [6.45, 7) is 9.87. The van der Waals surface area contributed by atoms with E-state index >= 15 is 0 Å². The van der Waals surface area contributed by atoms with Gasteiger partial charge in [0.25, 0.3) is 0 Å². The lowest BCUT2D eigenvalue weighted by Gasteiger charge is -1.95. The highest BCUT2D eigenvalue weighted by Gasteiger charge is 1.86. The second kappa shape index (κ2) is 9.97. The molecule has 0 atom stereocenters. The maximum absolute atomic E-state index is 3.66. The summed E-state index contributed by atoms with van der Waals surface area (Å²) in [6, 6.07) is 0. The molecule has 16 heavy (non-hydrogen) atoms. The SMILES string of the molecule is C=C\C=C/C(/C=C/C(/C=C\C)=C/CC)=C\C. The molecule has 0 nitrogen and oxygen atoms in total. The van der Waals surface area contributed by atoms with Crippen LogP contribution in [0.1, 0.15) is 27.2 Å². The Hall–Kier alpha value is -1.56. The molecule has 0 saturated carbocycles. The molecule has 0 bridgehead atoms. The van der Waals surface area contributed by atoms with Crippen molar-refractivity contribution in [3.8, 4) is 0 Å². The third kappa shape index (κ3) is 6.83. The fraction of sp³-hybridized carbons (Fsp3) is 0.250. The summed E-state index contributed by atoms with van der Waals surface area (Å²) in [7, 11) is 0. The van der Waals surface area contributed by atoms with Gasteiger partial charge in [0.05, 0.1) is 0 Å². The first-order chi connectivity index (χ1) is 7.78. The van der Waals surface area contributed by atoms with Gasteiger partial charge in [-0.2, -0.15) is 0 Å². The second-order valence-corrected chi connectivity index (χ2v) is 3.33. The monoisotopic (exact) mass is 214 g/mol. The minimum absolute atomic E-state index is 1.05. The number of hydrogen-bond acceptors (Lipinski definition) is 0. The summed E-state index contributed by atoms with van der Waals surface area (Å²) in [5.41, 5.74) is 2.43. The normalized spacial score (nSPS) is 14.4. The first kappa shape index (κ1) is 14.4. The molecule has 86 valence electrons. The van der Waals surface area contributed by atoms with Crippen LogP contribution < -0.4 is 0 Å². The van der Waals surface area contributed by atoms with Crippen LogP contribution in [0.5, 0.6) is 0 Å². The van der Waals surface area contributed by atoms with Crippen LogP contribution in [0.15, 0.2) is 72.4 Å². The molecular weight excluding hydrogens is 192 g/mol. The Morgan fingerprint density at radius 1 is 1.00 bits per heavy atom. The Labute approximate surface area is 100 Å². The summed E-state index contributed by atoms with van der Waals surface area (Å²) in [6.07, 6.45) is 19.5. The van der Waals surface area contributed by atoms with Gasteiger partial charge in [-0.05, 0) is 31.4 Å². The number of hydrogen-bond donors (Lipinski definition) is 0. The lowest BCUT2D eigenvalue weighted by atomic mass is 10.1. The third-order valence-electron chi connectivity index (χ3n) is 2.03. The van der Waals surface area contributed by atoms with E-state index in [-0.39, 0.29) is 0 Å². The zero-order valence-electron chi connectivity index (χ0n) is 10.6. The molecule has 0 N–H and O–H groups in total. The van der Waals surface area contributed by atoms with Gasteiger partial charge in [0.15, 0.2) is 0 Å². The Kier molecular flexibility index (Phi) is 9.00. The van der Waals surface area contributed by atoms with Crippen LogP contribution in [0.2, 0.25) is 0 Å². The third-order valence-corrected chi connectivity index (χ3v) is 2.03. The van der Waals surface area contributed by atoms with E-state index in [1.807, 2.05) is 26.0 Å². The maximum atomic E-state index is 3.66. The topological polar surface area (TPSA) is 0 Å². The van der Waals surface area contributed by atoms with E-state index in [1.54, 1.807) is 6.08 Å². The van der Waals surface area contributed by atoms with Crippen molar-refractivity contribution in [3.63, 3.8) is 0 Å². The molecule has 0 radical (unpaired) electrons. The van der Waals surface area contributed by atoms with Crippen LogP contribution >= 0.6 is 0 Å². The van der Waals surface area contributed by atoms with Gasteiger partial charge < -0.3 is 0 Å². The Morgan fingerprint density at radius 2 is 1.69 bits per heavy atom. The van der Waals surface area contributed by atoms with Crippen LogP contribution in [0, 0.1) is 0 Å². The average Bonchev–Trinajstić information content (AvgIpc) is 2.30. The molecule has 0 aromatic carbocycles. The van der Waals surface area contributed by atoms with Gasteiger partial charge in [0.2, 0.25) is 0 Å². The summed E-state index contributed by atoms with van der Waals surface area (Å²) in [5, 5.41) is 0. The highest BCUT2D eigenvalue weighted by molar-refractivity contribution is 5.39. The molecule has 0 rings (SSSR count). The Bertz CT molecular complexity index is 333. The summed E-state index contributed by atoms with van der Waals surface area (Å²) in [5.74, 6) is 0. The fourth-order valence-electron chi connectivity index (χ4n) is 1.24. The van der Waals surface area contributed by atoms with E-state index in [4.69, 9.17) is 0 Å². The molecule has 0 heterocycles. The van der Waals surface area contributed by atoms with Crippen molar-refractivity contribution in [2.24, 2.45) is 0 Å². The van der Waals surface area contributed by atoms with Crippen LogP contribution in [-0.2, 0) is 0 Å². The van der Waals surface area contributed by atoms with E-state index in [9.17, 15) is 0 Å². The molecule has 0 aromatic rings. The van der Waals surface area contributed by atoms with Crippen molar-refractivity contribution in [1.29, 1.82) is 0 Å². The molecule has 0 amide bonds. The van der Waals surface area contributed by atoms with Crippen molar-refractivity contribution in [2.45, 2.75) is 27.2 Å². The van der Waals surface area contributed by atoms with Gasteiger partial charge >= 0.3 is 0 Å². The molecule has 0 spiro atoms. The van der Waals surface area contributed by atoms with E-state index in [2.05, 4.69) is 50.0 Å². The van der Waals surface area contributed by atoms with Crippen LogP contribution in [0.3, 0.4) is 0 Å². The zero-order valence-corrected chi connectivity index (χ0v) is 10.6. The summed E-state index contributed by atoms with van der Waals surface area (Å²) < 4.78 is 0. The predicted molar refractivity (Wildman–Crippen MR) is 75.4 cm³/mol. The van der Waals surface area contributed by atoms with Gasteiger partial charge in [0.1, 0.15) is 0 Å². The maximum Gasteiger partial charge on any atom is -0.0299 e. The molecule has 0 fully saturated rings. The fourth-order valence-corrected chi connectivity index (χ4v) is 1.24. The van der Waals surface area contributed by atoms with Crippen molar-refractivity contribution >= 4 is 0 Å². The molecule has 0 saturated heterocycles. The molecule has 0 aliphatic carbocycles. The van der Waals surface area contributed by atoms with Crippen LogP contribution in [0.25, 0.3) is 0 Å². The molecule has 0 aliphatic heterocycles. The van der Waals surface area contributed by atoms with Crippen molar-refractivity contribution in [3.05, 3.63) is 72.4 Å². The second-order valence-electron chi connectivity index (χ2n) is 3.33. The smallest absolute Gasteiger partial charge is 0.0299 e. The molecule has 0 aliphatic rings. The average molecular weight is 214 g/mol. The van der Waals surface area contributed by atoms with Gasteiger partial charge in [-0.15, -0.1) is 0 Å². The highest BCUT2D eigenvalue weighted by atomic mass is 13.9. The summed E-state index contributed by atoms with van der Waals surface area (Å²) in [4.78, 5) is 0. The lowest BCUT2D eigenvalue weighted by molar-refractivity contribution is 1.21. The van der Waals surface area contributed by atoms with Crippen LogP contribution in [0.4, 0.5) is 0 Å². The molecule has 0 heteroatoms. The van der Waals surface area contributed by atoms with E-state index < -0.39 is 0 Å². The Morgan fingerprint density at radius 3 is 2.19 bits per heavy atom. The quantitative estimate of drug-likeness (QED) is 0.537. The number of allylic oxidation sites excluding steroid dienone is 11. The first-order valence-corrected chi connectivity index (χ1v) is 5.74. The minimum Gasteiger partial charge on any atom is -0.0991 e. The molecule has 0 unspecified atom stereocenters. The first-order valence-electron chi connectivity index (χ1n) is 5.74. The highest BCUT2D eigenvalue weighted by Crippen LogP contribution is 2.06. The van der Waals surface area contributed by atoms with Gasteiger partial charge in [-0.25, -0.2) is 0 Å². The van der Waals surface area contributed by atoms with Gasteiger partial charge in [0, 0.05) is 0 Å². The van der Waals surface area contributed by atoms with E-state index in [0.29, 0.717) is 0 Å². The van der Waals surface area contributed by atoms with Crippen molar-refractivity contribution in [2.75, 3.05) is 0 Å². The standard InChI is InChI=1S/C16H22/c1-5-9-12-15(8-4)13-14-16(10-6-2)11-7-3/h5-6,8-14H,1,7H2,2-4H3/b10-6-,12-9-,14-13+,15-8+,16-11+. The number of rotatable bonds is 6. The zero-order chi connectivity index (χ0) is 12.2. The van der Waals surface area contributed by atoms with E-state index in [1.165, 1.54) is 11.1 Å². The molecule has 0 aromatic heterocycles. The van der Waals surface area contributed by atoms with Crippen LogP contribution in [-0.4, -0.2) is 0 Å². The molecular formula is C16H22. The van der Waals surface area contributed by atoms with Gasteiger partial charge in [-0.1, -0.05) is 68.2 Å².